The largest absolute Gasteiger partial charge is 0.361 e. The zero-order valence-corrected chi connectivity index (χ0v) is 14.3. The van der Waals surface area contributed by atoms with Gasteiger partial charge in [-0.2, -0.15) is 0 Å². The number of halogens is 1. The lowest BCUT2D eigenvalue weighted by Crippen LogP contribution is -1.94. The number of aliphatic imine (C=N–C) groups is 1. The Bertz CT molecular complexity index is 746. The molecule has 3 heteroatoms. The van der Waals surface area contributed by atoms with Gasteiger partial charge in [-0.3, -0.25) is 4.99 Å². The standard InChI is InChI=1S/C21H21ClN2/c22-21-17(15-23-19-11-3-1-4-12-19)9-7-8-10-18(21)16-24-20-13-5-2-6-14-20/h1-6,11-16,23H,7-10H2. The Morgan fingerprint density at radius 2 is 1.54 bits per heavy atom. The van der Waals surface area contributed by atoms with Gasteiger partial charge in [0.1, 0.15) is 0 Å². The highest BCUT2D eigenvalue weighted by Gasteiger charge is 2.13. The van der Waals surface area contributed by atoms with Crippen molar-refractivity contribution in [3.8, 4) is 0 Å². The molecule has 0 radical (unpaired) electrons. The number of rotatable bonds is 4. The van der Waals surface area contributed by atoms with E-state index in [1.165, 1.54) is 0 Å². The van der Waals surface area contributed by atoms with Crippen molar-refractivity contribution < 1.29 is 0 Å². The topological polar surface area (TPSA) is 24.4 Å². The molecule has 2 aromatic rings. The predicted octanol–water partition coefficient (Wildman–Crippen LogP) is 6.45. The molecular weight excluding hydrogens is 316 g/mol. The van der Waals surface area contributed by atoms with E-state index >= 15 is 0 Å². The number of hydrogen-bond donors (Lipinski definition) is 1. The zero-order valence-electron chi connectivity index (χ0n) is 13.6. The van der Waals surface area contributed by atoms with Crippen molar-refractivity contribution in [3.63, 3.8) is 0 Å². The number of anilines is 1. The summed E-state index contributed by atoms with van der Waals surface area (Å²) in [5.74, 6) is 0. The smallest absolute Gasteiger partial charge is 0.0629 e. The first kappa shape index (κ1) is 16.5. The van der Waals surface area contributed by atoms with Crippen LogP contribution in [0.2, 0.25) is 0 Å². The molecule has 0 aliphatic heterocycles. The first-order chi connectivity index (χ1) is 11.8. The first-order valence-corrected chi connectivity index (χ1v) is 8.69. The number of nitrogens with one attached hydrogen (secondary N) is 1. The molecule has 3 rings (SSSR count). The summed E-state index contributed by atoms with van der Waals surface area (Å²) in [4.78, 5) is 4.56. The lowest BCUT2D eigenvalue weighted by molar-refractivity contribution is 0.759. The number of nitrogens with zero attached hydrogens (tertiary/aromatic N) is 1. The molecule has 0 fully saturated rings. The number of hydrogen-bond acceptors (Lipinski definition) is 2. The molecule has 2 nitrogen and oxygen atoms in total. The summed E-state index contributed by atoms with van der Waals surface area (Å²) in [5.41, 5.74) is 4.27. The van der Waals surface area contributed by atoms with E-state index in [-0.39, 0.29) is 0 Å². The molecular formula is C21H21ClN2. The SMILES string of the molecule is ClC1=C(C=Nc2ccccc2)CCCCC1=CNc1ccccc1. The van der Waals surface area contributed by atoms with Crippen LogP contribution in [0.4, 0.5) is 11.4 Å². The normalized spacial score (nSPS) is 17.3. The molecule has 1 aliphatic carbocycles. The predicted molar refractivity (Wildman–Crippen MR) is 104 cm³/mol. The molecule has 0 aromatic heterocycles. The third-order valence-electron chi connectivity index (χ3n) is 4.02. The second-order valence-electron chi connectivity index (χ2n) is 5.82. The van der Waals surface area contributed by atoms with Crippen LogP contribution in [0.5, 0.6) is 0 Å². The highest BCUT2D eigenvalue weighted by Crippen LogP contribution is 2.30. The van der Waals surface area contributed by atoms with Gasteiger partial charge in [0.05, 0.1) is 5.69 Å². The van der Waals surface area contributed by atoms with Crippen molar-refractivity contribution in [3.05, 3.63) is 83.0 Å². The van der Waals surface area contributed by atoms with Gasteiger partial charge in [0, 0.05) is 23.1 Å². The fraction of sp³-hybridized carbons (Fsp3) is 0.190. The summed E-state index contributed by atoms with van der Waals surface area (Å²) in [5, 5.41) is 4.17. The van der Waals surface area contributed by atoms with Gasteiger partial charge in [0.2, 0.25) is 0 Å². The minimum absolute atomic E-state index is 0.829. The van der Waals surface area contributed by atoms with E-state index in [1.807, 2.05) is 73.1 Å². The maximum absolute atomic E-state index is 6.67. The quantitative estimate of drug-likeness (QED) is 0.637. The molecule has 1 aliphatic rings. The van der Waals surface area contributed by atoms with E-state index in [2.05, 4.69) is 10.3 Å². The molecule has 0 spiro atoms. The Hall–Kier alpha value is -2.32. The number of allylic oxidation sites excluding steroid dienone is 3. The first-order valence-electron chi connectivity index (χ1n) is 8.32. The van der Waals surface area contributed by atoms with Crippen LogP contribution < -0.4 is 5.32 Å². The fourth-order valence-electron chi connectivity index (χ4n) is 2.68. The van der Waals surface area contributed by atoms with Crippen LogP contribution in [-0.2, 0) is 0 Å². The van der Waals surface area contributed by atoms with Gasteiger partial charge in [-0.25, -0.2) is 0 Å². The van der Waals surface area contributed by atoms with Crippen LogP contribution in [0.3, 0.4) is 0 Å². The Balaban J connectivity index is 1.80. The van der Waals surface area contributed by atoms with Gasteiger partial charge in [0.25, 0.3) is 0 Å². The van der Waals surface area contributed by atoms with E-state index in [4.69, 9.17) is 11.6 Å². The third-order valence-corrected chi connectivity index (χ3v) is 4.50. The van der Waals surface area contributed by atoms with E-state index in [9.17, 15) is 0 Å². The van der Waals surface area contributed by atoms with Crippen LogP contribution in [0.15, 0.2) is 88.0 Å². The summed E-state index contributed by atoms with van der Waals surface area (Å²) in [6.45, 7) is 0. The maximum atomic E-state index is 6.67. The van der Waals surface area contributed by atoms with Gasteiger partial charge in [-0.05, 0) is 61.1 Å². The van der Waals surface area contributed by atoms with Gasteiger partial charge >= 0.3 is 0 Å². The summed E-state index contributed by atoms with van der Waals surface area (Å²) in [7, 11) is 0. The van der Waals surface area contributed by atoms with E-state index in [0.29, 0.717) is 0 Å². The monoisotopic (exact) mass is 336 g/mol. The maximum Gasteiger partial charge on any atom is 0.0629 e. The van der Waals surface area contributed by atoms with Crippen LogP contribution in [0.1, 0.15) is 25.7 Å². The summed E-state index contributed by atoms with van der Waals surface area (Å²) in [6.07, 6.45) is 8.17. The van der Waals surface area contributed by atoms with Crippen molar-refractivity contribution in [2.24, 2.45) is 4.99 Å². The van der Waals surface area contributed by atoms with E-state index < -0.39 is 0 Å². The second kappa shape index (κ2) is 8.51. The van der Waals surface area contributed by atoms with Crippen molar-refractivity contribution in [2.45, 2.75) is 25.7 Å². The molecule has 0 amide bonds. The van der Waals surface area contributed by atoms with Crippen molar-refractivity contribution in [1.29, 1.82) is 0 Å². The third kappa shape index (κ3) is 4.59. The van der Waals surface area contributed by atoms with Gasteiger partial charge in [0.15, 0.2) is 0 Å². The van der Waals surface area contributed by atoms with Crippen molar-refractivity contribution in [2.75, 3.05) is 5.32 Å². The van der Waals surface area contributed by atoms with Gasteiger partial charge in [-0.15, -0.1) is 0 Å². The summed E-state index contributed by atoms with van der Waals surface area (Å²) < 4.78 is 0. The molecule has 122 valence electrons. The minimum atomic E-state index is 0.829. The van der Waals surface area contributed by atoms with Crippen LogP contribution >= 0.6 is 11.6 Å². The Kier molecular flexibility index (Phi) is 5.86. The second-order valence-corrected chi connectivity index (χ2v) is 6.20. The highest BCUT2D eigenvalue weighted by atomic mass is 35.5. The van der Waals surface area contributed by atoms with Crippen molar-refractivity contribution in [1.82, 2.24) is 0 Å². The number of benzene rings is 2. The van der Waals surface area contributed by atoms with E-state index in [1.54, 1.807) is 0 Å². The Labute approximate surface area is 148 Å². The number of para-hydroxylation sites is 2. The van der Waals surface area contributed by atoms with Gasteiger partial charge in [-0.1, -0.05) is 48.0 Å². The average Bonchev–Trinajstić information content (AvgIpc) is 2.81. The molecule has 2 aromatic carbocycles. The molecule has 0 saturated carbocycles. The average molecular weight is 337 g/mol. The molecule has 1 N–H and O–H groups in total. The zero-order chi connectivity index (χ0) is 16.6. The highest BCUT2D eigenvalue weighted by molar-refractivity contribution is 6.33. The molecule has 24 heavy (non-hydrogen) atoms. The molecule has 0 unspecified atom stereocenters. The lowest BCUT2D eigenvalue weighted by Gasteiger charge is -2.07. The fourth-order valence-corrected chi connectivity index (χ4v) is 2.98. The summed E-state index contributed by atoms with van der Waals surface area (Å²) in [6, 6.07) is 20.1. The van der Waals surface area contributed by atoms with Crippen molar-refractivity contribution >= 4 is 29.2 Å². The Morgan fingerprint density at radius 1 is 0.875 bits per heavy atom. The Morgan fingerprint density at radius 3 is 2.29 bits per heavy atom. The molecule has 0 atom stereocenters. The van der Waals surface area contributed by atoms with Gasteiger partial charge < -0.3 is 5.32 Å². The lowest BCUT2D eigenvalue weighted by atomic mass is 10.1. The van der Waals surface area contributed by atoms with Crippen LogP contribution in [0, 0.1) is 0 Å². The molecule has 0 bridgehead atoms. The van der Waals surface area contributed by atoms with Crippen LogP contribution in [-0.4, -0.2) is 6.21 Å². The minimum Gasteiger partial charge on any atom is -0.361 e. The molecule has 0 heterocycles. The summed E-state index contributed by atoms with van der Waals surface area (Å²) >= 11 is 6.67. The molecule has 0 saturated heterocycles. The van der Waals surface area contributed by atoms with E-state index in [0.717, 1.165) is 53.2 Å². The van der Waals surface area contributed by atoms with Crippen LogP contribution in [0.25, 0.3) is 0 Å².